The minimum Gasteiger partial charge on any atom is -0.313 e. The minimum atomic E-state index is -4.45. The summed E-state index contributed by atoms with van der Waals surface area (Å²) in [4.78, 5) is 19.9. The SMILES string of the molecule is O=C(O/N=C/c1cccc(C(F)(F)F)c1)c1cccnc1Cl. The molecule has 1 heterocycles. The van der Waals surface area contributed by atoms with Gasteiger partial charge in [0.05, 0.1) is 17.3 Å². The van der Waals surface area contributed by atoms with Crippen molar-refractivity contribution < 1.29 is 22.8 Å². The fourth-order valence-corrected chi connectivity index (χ4v) is 1.71. The third-order valence-electron chi connectivity index (χ3n) is 2.53. The van der Waals surface area contributed by atoms with E-state index in [1.165, 1.54) is 30.5 Å². The number of benzene rings is 1. The summed E-state index contributed by atoms with van der Waals surface area (Å²) in [6.07, 6.45) is -2.06. The second-order valence-electron chi connectivity index (χ2n) is 4.08. The highest BCUT2D eigenvalue weighted by molar-refractivity contribution is 6.32. The van der Waals surface area contributed by atoms with Crippen LogP contribution in [-0.4, -0.2) is 17.2 Å². The van der Waals surface area contributed by atoms with Crippen molar-refractivity contribution in [1.29, 1.82) is 0 Å². The van der Waals surface area contributed by atoms with Crippen molar-refractivity contribution in [3.8, 4) is 0 Å². The zero-order valence-electron chi connectivity index (χ0n) is 10.8. The molecule has 2 aromatic rings. The van der Waals surface area contributed by atoms with Crippen LogP contribution in [0.15, 0.2) is 47.8 Å². The number of nitrogens with zero attached hydrogens (tertiary/aromatic N) is 2. The molecule has 4 nitrogen and oxygen atoms in total. The Morgan fingerprint density at radius 1 is 1.27 bits per heavy atom. The van der Waals surface area contributed by atoms with Gasteiger partial charge in [0.25, 0.3) is 0 Å². The van der Waals surface area contributed by atoms with E-state index in [2.05, 4.69) is 15.0 Å². The van der Waals surface area contributed by atoms with E-state index in [0.29, 0.717) is 0 Å². The van der Waals surface area contributed by atoms with Crippen LogP contribution in [-0.2, 0) is 11.0 Å². The summed E-state index contributed by atoms with van der Waals surface area (Å²) in [6, 6.07) is 7.30. The lowest BCUT2D eigenvalue weighted by Crippen LogP contribution is -2.05. The van der Waals surface area contributed by atoms with E-state index in [9.17, 15) is 18.0 Å². The summed E-state index contributed by atoms with van der Waals surface area (Å²) in [5, 5.41) is 3.30. The smallest absolute Gasteiger partial charge is 0.313 e. The third-order valence-corrected chi connectivity index (χ3v) is 2.83. The molecule has 0 fully saturated rings. The van der Waals surface area contributed by atoms with Crippen molar-refractivity contribution in [2.24, 2.45) is 5.16 Å². The Bertz CT molecular complexity index is 717. The van der Waals surface area contributed by atoms with Crippen molar-refractivity contribution in [3.05, 3.63) is 64.4 Å². The number of hydrogen-bond acceptors (Lipinski definition) is 4. The summed E-state index contributed by atoms with van der Waals surface area (Å²) in [5.41, 5.74) is -0.677. The van der Waals surface area contributed by atoms with Crippen molar-refractivity contribution in [2.75, 3.05) is 0 Å². The van der Waals surface area contributed by atoms with Crippen LogP contribution in [0.1, 0.15) is 21.5 Å². The number of halogens is 4. The topological polar surface area (TPSA) is 51.5 Å². The maximum absolute atomic E-state index is 12.5. The standard InChI is InChI=1S/C14H8ClF3N2O2/c15-12-11(5-2-6-19-12)13(21)22-20-8-9-3-1-4-10(7-9)14(16,17)18/h1-8H/b20-8+. The van der Waals surface area contributed by atoms with E-state index >= 15 is 0 Å². The molecule has 0 aliphatic carbocycles. The number of carbonyl (C=O) groups excluding carboxylic acids is 1. The quantitative estimate of drug-likeness (QED) is 0.371. The largest absolute Gasteiger partial charge is 0.416 e. The average molecular weight is 329 g/mol. The predicted octanol–water partition coefficient (Wildman–Crippen LogP) is 3.94. The molecule has 1 aromatic carbocycles. The first kappa shape index (κ1) is 16.0. The first-order chi connectivity index (χ1) is 10.4. The highest BCUT2D eigenvalue weighted by atomic mass is 35.5. The molecule has 1 aromatic heterocycles. The normalized spacial score (nSPS) is 11.6. The predicted molar refractivity (Wildman–Crippen MR) is 73.7 cm³/mol. The molecule has 0 aliphatic rings. The fraction of sp³-hybridized carbons (Fsp3) is 0.0714. The van der Waals surface area contributed by atoms with E-state index in [4.69, 9.17) is 11.6 Å². The molecule has 0 radical (unpaired) electrons. The first-order valence-electron chi connectivity index (χ1n) is 5.90. The van der Waals surface area contributed by atoms with Gasteiger partial charge in [-0.1, -0.05) is 28.9 Å². The molecule has 0 spiro atoms. The Kier molecular flexibility index (Phi) is 4.77. The van der Waals surface area contributed by atoms with Gasteiger partial charge in [-0.2, -0.15) is 13.2 Å². The van der Waals surface area contributed by atoms with Crippen molar-refractivity contribution in [2.45, 2.75) is 6.18 Å². The highest BCUT2D eigenvalue weighted by Gasteiger charge is 2.30. The average Bonchev–Trinajstić information content (AvgIpc) is 2.47. The molecule has 22 heavy (non-hydrogen) atoms. The number of rotatable bonds is 3. The molecule has 0 aliphatic heterocycles. The molecule has 0 unspecified atom stereocenters. The van der Waals surface area contributed by atoms with Gasteiger partial charge >= 0.3 is 12.1 Å². The molecule has 8 heteroatoms. The lowest BCUT2D eigenvalue weighted by atomic mass is 10.1. The minimum absolute atomic E-state index is 0.00496. The van der Waals surface area contributed by atoms with Crippen LogP contribution < -0.4 is 0 Å². The monoisotopic (exact) mass is 328 g/mol. The summed E-state index contributed by atoms with van der Waals surface area (Å²) in [7, 11) is 0. The van der Waals surface area contributed by atoms with Gasteiger partial charge in [0.2, 0.25) is 0 Å². The third kappa shape index (κ3) is 4.05. The summed E-state index contributed by atoms with van der Waals surface area (Å²) >= 11 is 5.70. The van der Waals surface area contributed by atoms with Gasteiger partial charge in [0.1, 0.15) is 5.15 Å². The number of carbonyl (C=O) groups is 1. The zero-order valence-corrected chi connectivity index (χ0v) is 11.6. The molecule has 0 saturated heterocycles. The summed E-state index contributed by atoms with van der Waals surface area (Å²) in [6.45, 7) is 0. The van der Waals surface area contributed by atoms with E-state index in [0.717, 1.165) is 18.3 Å². The van der Waals surface area contributed by atoms with E-state index < -0.39 is 17.7 Å². The zero-order chi connectivity index (χ0) is 16.2. The fourth-order valence-electron chi connectivity index (χ4n) is 1.52. The number of hydrogen-bond donors (Lipinski definition) is 0. The Labute approximate surface area is 128 Å². The van der Waals surface area contributed by atoms with Crippen LogP contribution >= 0.6 is 11.6 Å². The van der Waals surface area contributed by atoms with Gasteiger partial charge in [-0.25, -0.2) is 9.78 Å². The van der Waals surface area contributed by atoms with Gasteiger partial charge < -0.3 is 4.84 Å². The molecule has 0 N–H and O–H groups in total. The van der Waals surface area contributed by atoms with E-state index in [1.54, 1.807) is 0 Å². The van der Waals surface area contributed by atoms with Crippen LogP contribution in [0.3, 0.4) is 0 Å². The number of oxime groups is 1. The van der Waals surface area contributed by atoms with Gasteiger partial charge in [-0.3, -0.25) is 0 Å². The Morgan fingerprint density at radius 3 is 2.73 bits per heavy atom. The maximum Gasteiger partial charge on any atom is 0.416 e. The van der Waals surface area contributed by atoms with Gasteiger partial charge in [0, 0.05) is 6.20 Å². The molecule has 114 valence electrons. The number of pyridine rings is 1. The molecular formula is C14H8ClF3N2O2. The molecule has 2 rings (SSSR count). The first-order valence-corrected chi connectivity index (χ1v) is 6.28. The van der Waals surface area contributed by atoms with Crippen LogP contribution in [0.2, 0.25) is 5.15 Å². The van der Waals surface area contributed by atoms with Gasteiger partial charge in [0.15, 0.2) is 0 Å². The number of aromatic nitrogens is 1. The molecule has 0 atom stereocenters. The Morgan fingerprint density at radius 2 is 2.05 bits per heavy atom. The van der Waals surface area contributed by atoms with Crippen LogP contribution in [0.25, 0.3) is 0 Å². The maximum atomic E-state index is 12.5. The van der Waals surface area contributed by atoms with Gasteiger partial charge in [-0.05, 0) is 29.8 Å². The molecule has 0 amide bonds. The van der Waals surface area contributed by atoms with Crippen molar-refractivity contribution in [3.63, 3.8) is 0 Å². The number of alkyl halides is 3. The van der Waals surface area contributed by atoms with Crippen LogP contribution in [0.5, 0.6) is 0 Å². The molecule has 0 saturated carbocycles. The van der Waals surface area contributed by atoms with Crippen LogP contribution in [0.4, 0.5) is 13.2 Å². The van der Waals surface area contributed by atoms with E-state index in [-0.39, 0.29) is 16.3 Å². The summed E-state index contributed by atoms with van der Waals surface area (Å²) < 4.78 is 37.6. The van der Waals surface area contributed by atoms with Gasteiger partial charge in [-0.15, -0.1) is 0 Å². The highest BCUT2D eigenvalue weighted by Crippen LogP contribution is 2.29. The van der Waals surface area contributed by atoms with Crippen LogP contribution in [0, 0.1) is 0 Å². The lowest BCUT2D eigenvalue weighted by molar-refractivity contribution is -0.137. The molecular weight excluding hydrogens is 321 g/mol. The summed E-state index contributed by atoms with van der Waals surface area (Å²) in [5.74, 6) is -0.860. The second-order valence-corrected chi connectivity index (χ2v) is 4.44. The Hall–Kier alpha value is -2.41. The molecule has 0 bridgehead atoms. The second kappa shape index (κ2) is 6.57. The van der Waals surface area contributed by atoms with Crippen molar-refractivity contribution in [1.82, 2.24) is 4.98 Å². The Balaban J connectivity index is 2.07. The van der Waals surface area contributed by atoms with Crippen molar-refractivity contribution >= 4 is 23.8 Å². The van der Waals surface area contributed by atoms with E-state index in [1.807, 2.05) is 0 Å². The lowest BCUT2D eigenvalue weighted by Gasteiger charge is -2.06.